The highest BCUT2D eigenvalue weighted by Gasteiger charge is 2.09. The number of aromatic nitrogens is 2. The van der Waals surface area contributed by atoms with E-state index in [4.69, 9.17) is 9.47 Å². The van der Waals surface area contributed by atoms with E-state index in [1.807, 2.05) is 18.2 Å². The minimum atomic E-state index is 0.312. The van der Waals surface area contributed by atoms with Gasteiger partial charge in [0.05, 0.1) is 25.1 Å². The van der Waals surface area contributed by atoms with Gasteiger partial charge >= 0.3 is 0 Å². The topological polar surface area (TPSA) is 64.2 Å². The molecule has 21 heavy (non-hydrogen) atoms. The highest BCUT2D eigenvalue weighted by Crippen LogP contribution is 2.32. The molecule has 0 spiro atoms. The predicted octanol–water partition coefficient (Wildman–Crippen LogP) is 3.47. The summed E-state index contributed by atoms with van der Waals surface area (Å²) in [5, 5.41) is 0. The smallest absolute Gasteiger partial charge is 0.185 e. The summed E-state index contributed by atoms with van der Waals surface area (Å²) < 4.78 is 11.4. The molecule has 1 aromatic heterocycles. The molecule has 0 unspecified atom stereocenters. The second kappa shape index (κ2) is 7.47. The third-order valence-corrected chi connectivity index (χ3v) is 2.89. The van der Waals surface area contributed by atoms with Crippen LogP contribution in [0.4, 0.5) is 0 Å². The number of aldehydes is 1. The van der Waals surface area contributed by atoms with Gasteiger partial charge in [0.1, 0.15) is 0 Å². The number of benzene rings is 1. The molecule has 2 rings (SSSR count). The summed E-state index contributed by atoms with van der Waals surface area (Å²) >= 11 is 0. The van der Waals surface area contributed by atoms with Crippen molar-refractivity contribution in [1.29, 1.82) is 0 Å². The second-order valence-electron chi connectivity index (χ2n) is 4.66. The number of rotatable bonds is 8. The van der Waals surface area contributed by atoms with Crippen molar-refractivity contribution in [3.05, 3.63) is 30.2 Å². The molecular weight excluding hydrogens is 268 g/mol. The molecule has 0 amide bonds. The van der Waals surface area contributed by atoms with Crippen molar-refractivity contribution in [3.8, 4) is 22.8 Å². The first-order valence-electron chi connectivity index (χ1n) is 7.18. The van der Waals surface area contributed by atoms with Crippen LogP contribution in [0, 0.1) is 0 Å². The van der Waals surface area contributed by atoms with Crippen molar-refractivity contribution >= 4 is 6.29 Å². The van der Waals surface area contributed by atoms with Crippen molar-refractivity contribution in [2.75, 3.05) is 13.2 Å². The Bertz CT molecular complexity index is 593. The van der Waals surface area contributed by atoms with E-state index in [0.29, 0.717) is 31.1 Å². The van der Waals surface area contributed by atoms with Gasteiger partial charge in [-0.05, 0) is 31.0 Å². The average molecular weight is 288 g/mol. The van der Waals surface area contributed by atoms with E-state index in [0.717, 1.165) is 29.8 Å². The summed E-state index contributed by atoms with van der Waals surface area (Å²) in [5.74, 6) is 1.77. The van der Waals surface area contributed by atoms with Gasteiger partial charge in [-0.1, -0.05) is 13.8 Å². The third-order valence-electron chi connectivity index (χ3n) is 2.89. The predicted molar refractivity (Wildman–Crippen MR) is 81.0 cm³/mol. The van der Waals surface area contributed by atoms with Gasteiger partial charge in [0.15, 0.2) is 23.6 Å². The van der Waals surface area contributed by atoms with Gasteiger partial charge in [-0.3, -0.25) is 4.79 Å². The number of ether oxygens (including phenoxy) is 2. The molecule has 0 saturated heterocycles. The van der Waals surface area contributed by atoms with Crippen molar-refractivity contribution in [2.24, 2.45) is 0 Å². The van der Waals surface area contributed by atoms with Crippen LogP contribution in [0.15, 0.2) is 24.4 Å². The molecule has 0 aliphatic rings. The second-order valence-corrected chi connectivity index (χ2v) is 4.66. The lowest BCUT2D eigenvalue weighted by Gasteiger charge is -2.13. The van der Waals surface area contributed by atoms with Crippen LogP contribution in [0.5, 0.6) is 11.5 Å². The molecule has 5 nitrogen and oxygen atoms in total. The molecule has 5 heteroatoms. The molecule has 1 heterocycles. The van der Waals surface area contributed by atoms with Gasteiger partial charge in [0, 0.05) is 5.56 Å². The summed E-state index contributed by atoms with van der Waals surface area (Å²) in [6.45, 7) is 5.41. The lowest BCUT2D eigenvalue weighted by atomic mass is 10.1. The number of aromatic amines is 1. The standard InChI is InChI=1S/C16H20N2O3/c1-3-7-20-14-6-5-12(9-15(14)21-8-4-2)13-10-17-16(11-19)18-13/h5-6,9-11H,3-4,7-8H2,1-2H3,(H,17,18). The molecule has 0 atom stereocenters. The van der Waals surface area contributed by atoms with Crippen molar-refractivity contribution in [1.82, 2.24) is 9.97 Å². The maximum atomic E-state index is 10.7. The number of imidazole rings is 1. The first kappa shape index (κ1) is 15.1. The van der Waals surface area contributed by atoms with E-state index in [-0.39, 0.29) is 0 Å². The summed E-state index contributed by atoms with van der Waals surface area (Å²) in [7, 11) is 0. The molecule has 1 aromatic carbocycles. The Balaban J connectivity index is 2.28. The number of nitrogens with zero attached hydrogens (tertiary/aromatic N) is 1. The molecule has 0 saturated carbocycles. The number of carbonyl (C=O) groups excluding carboxylic acids is 1. The molecule has 0 aliphatic carbocycles. The largest absolute Gasteiger partial charge is 0.490 e. The lowest BCUT2D eigenvalue weighted by molar-refractivity contribution is 0.111. The molecule has 1 N–H and O–H groups in total. The fraction of sp³-hybridized carbons (Fsp3) is 0.375. The SMILES string of the molecule is CCCOc1ccc(-c2cnc(C=O)[nH]2)cc1OCCC. The van der Waals surface area contributed by atoms with Crippen molar-refractivity contribution < 1.29 is 14.3 Å². The maximum Gasteiger partial charge on any atom is 0.185 e. The fourth-order valence-electron chi connectivity index (χ4n) is 1.87. The summed E-state index contributed by atoms with van der Waals surface area (Å²) in [6, 6.07) is 5.71. The minimum Gasteiger partial charge on any atom is -0.490 e. The molecule has 2 aromatic rings. The van der Waals surface area contributed by atoms with Crippen LogP contribution in [-0.4, -0.2) is 29.5 Å². The van der Waals surface area contributed by atoms with E-state index in [2.05, 4.69) is 23.8 Å². The van der Waals surface area contributed by atoms with Crippen LogP contribution in [0.1, 0.15) is 37.3 Å². The highest BCUT2D eigenvalue weighted by molar-refractivity contribution is 5.72. The van der Waals surface area contributed by atoms with Crippen LogP contribution in [0.25, 0.3) is 11.3 Å². The number of hydrogen-bond acceptors (Lipinski definition) is 4. The molecule has 0 bridgehead atoms. The van der Waals surface area contributed by atoms with Gasteiger partial charge in [-0.15, -0.1) is 0 Å². The van der Waals surface area contributed by atoms with Gasteiger partial charge in [-0.2, -0.15) is 0 Å². The Morgan fingerprint density at radius 2 is 1.86 bits per heavy atom. The van der Waals surface area contributed by atoms with Gasteiger partial charge in [0.25, 0.3) is 0 Å². The Morgan fingerprint density at radius 3 is 2.48 bits per heavy atom. The summed E-state index contributed by atoms with van der Waals surface area (Å²) in [5.41, 5.74) is 1.69. The molecular formula is C16H20N2O3. The van der Waals surface area contributed by atoms with Crippen molar-refractivity contribution in [2.45, 2.75) is 26.7 Å². The van der Waals surface area contributed by atoms with Gasteiger partial charge in [-0.25, -0.2) is 4.98 Å². The molecule has 0 fully saturated rings. The van der Waals surface area contributed by atoms with Crippen molar-refractivity contribution in [3.63, 3.8) is 0 Å². The van der Waals surface area contributed by atoms with E-state index < -0.39 is 0 Å². The quantitative estimate of drug-likeness (QED) is 0.755. The van der Waals surface area contributed by atoms with Crippen LogP contribution < -0.4 is 9.47 Å². The van der Waals surface area contributed by atoms with E-state index in [1.165, 1.54) is 0 Å². The summed E-state index contributed by atoms with van der Waals surface area (Å²) in [6.07, 6.45) is 4.20. The zero-order valence-electron chi connectivity index (χ0n) is 12.4. The average Bonchev–Trinajstić information content (AvgIpc) is 3.00. The molecule has 0 radical (unpaired) electrons. The van der Waals surface area contributed by atoms with Crippen LogP contribution >= 0.6 is 0 Å². The van der Waals surface area contributed by atoms with Gasteiger partial charge in [0.2, 0.25) is 0 Å². The Labute approximate surface area is 124 Å². The zero-order valence-corrected chi connectivity index (χ0v) is 12.4. The number of hydrogen-bond donors (Lipinski definition) is 1. The lowest BCUT2D eigenvalue weighted by Crippen LogP contribution is -2.01. The number of H-pyrrole nitrogens is 1. The van der Waals surface area contributed by atoms with Gasteiger partial charge < -0.3 is 14.5 Å². The summed E-state index contributed by atoms with van der Waals surface area (Å²) in [4.78, 5) is 17.6. The first-order chi connectivity index (χ1) is 10.3. The van der Waals surface area contributed by atoms with Crippen LogP contribution in [0.2, 0.25) is 0 Å². The van der Waals surface area contributed by atoms with Crippen LogP contribution in [0.3, 0.4) is 0 Å². The number of nitrogens with one attached hydrogen (secondary N) is 1. The minimum absolute atomic E-state index is 0.312. The van der Waals surface area contributed by atoms with E-state index in [9.17, 15) is 4.79 Å². The molecule has 0 aliphatic heterocycles. The highest BCUT2D eigenvalue weighted by atomic mass is 16.5. The Morgan fingerprint density at radius 1 is 1.14 bits per heavy atom. The molecule has 112 valence electrons. The Kier molecular flexibility index (Phi) is 5.37. The normalized spacial score (nSPS) is 10.4. The zero-order chi connectivity index (χ0) is 15.1. The van der Waals surface area contributed by atoms with Crippen LogP contribution in [-0.2, 0) is 0 Å². The maximum absolute atomic E-state index is 10.7. The van der Waals surface area contributed by atoms with E-state index in [1.54, 1.807) is 6.20 Å². The van der Waals surface area contributed by atoms with E-state index >= 15 is 0 Å². The number of carbonyl (C=O) groups is 1. The Hall–Kier alpha value is -2.30. The third kappa shape index (κ3) is 3.84. The first-order valence-corrected chi connectivity index (χ1v) is 7.18. The fourth-order valence-corrected chi connectivity index (χ4v) is 1.87. The monoisotopic (exact) mass is 288 g/mol.